The third kappa shape index (κ3) is 3.84. The monoisotopic (exact) mass is 301 g/mol. The molecule has 0 saturated heterocycles. The summed E-state index contributed by atoms with van der Waals surface area (Å²) >= 11 is 0. The molecule has 0 amide bonds. The second kappa shape index (κ2) is 6.43. The molecule has 6 nitrogen and oxygen atoms in total. The van der Waals surface area contributed by atoms with Crippen molar-refractivity contribution in [3.8, 4) is 11.5 Å². The molecule has 0 fully saturated rings. The summed E-state index contributed by atoms with van der Waals surface area (Å²) in [5, 5.41) is 0. The maximum atomic E-state index is 11.8. The molecule has 0 unspecified atom stereocenters. The first-order valence-corrected chi connectivity index (χ1v) is 8.05. The summed E-state index contributed by atoms with van der Waals surface area (Å²) in [6.45, 7) is 2.99. The van der Waals surface area contributed by atoms with Crippen LogP contribution in [0.1, 0.15) is 18.5 Å². The number of hydrogen-bond donors (Lipinski definition) is 1. The first kappa shape index (κ1) is 15.1. The zero-order chi connectivity index (χ0) is 14.6. The summed E-state index contributed by atoms with van der Waals surface area (Å²) in [4.78, 5) is 0. The summed E-state index contributed by atoms with van der Waals surface area (Å²) in [5.74, 6) is 1.28. The van der Waals surface area contributed by atoms with Crippen LogP contribution in [0.15, 0.2) is 18.2 Å². The molecule has 1 heterocycles. The molecule has 0 aromatic heterocycles. The average Bonchev–Trinajstić information content (AvgIpc) is 2.44. The van der Waals surface area contributed by atoms with E-state index in [0.717, 1.165) is 5.56 Å². The molecule has 0 radical (unpaired) electrons. The number of ether oxygens (including phenoxy) is 3. The van der Waals surface area contributed by atoms with Gasteiger partial charge in [-0.15, -0.1) is 0 Å². The summed E-state index contributed by atoms with van der Waals surface area (Å²) in [6.07, 6.45) is 0. The van der Waals surface area contributed by atoms with Crippen LogP contribution in [0.25, 0.3) is 0 Å². The lowest BCUT2D eigenvalue weighted by molar-refractivity contribution is 0.171. The zero-order valence-electron chi connectivity index (χ0n) is 11.6. The molecule has 1 atom stereocenters. The van der Waals surface area contributed by atoms with Crippen LogP contribution in [0.4, 0.5) is 0 Å². The molecule has 0 aliphatic carbocycles. The van der Waals surface area contributed by atoms with Gasteiger partial charge in [0.15, 0.2) is 11.5 Å². The van der Waals surface area contributed by atoms with Crippen LogP contribution in [0.3, 0.4) is 0 Å². The van der Waals surface area contributed by atoms with Crippen LogP contribution in [0, 0.1) is 0 Å². The van der Waals surface area contributed by atoms with Crippen LogP contribution in [-0.2, 0) is 14.8 Å². The SMILES string of the molecule is COCCS(=O)(=O)N[C@H](C)c1ccc2c(c1)OCCO2. The molecular formula is C13H19NO5S. The van der Waals surface area contributed by atoms with Crippen molar-refractivity contribution >= 4 is 10.0 Å². The minimum atomic E-state index is -3.36. The zero-order valence-corrected chi connectivity index (χ0v) is 12.4. The molecule has 1 aliphatic heterocycles. The van der Waals surface area contributed by atoms with Gasteiger partial charge in [0, 0.05) is 13.2 Å². The lowest BCUT2D eigenvalue weighted by Gasteiger charge is -2.21. The molecular weight excluding hydrogens is 282 g/mol. The van der Waals surface area contributed by atoms with E-state index in [9.17, 15) is 8.42 Å². The topological polar surface area (TPSA) is 73.9 Å². The van der Waals surface area contributed by atoms with E-state index >= 15 is 0 Å². The Morgan fingerprint density at radius 3 is 2.70 bits per heavy atom. The molecule has 7 heteroatoms. The minimum Gasteiger partial charge on any atom is -0.486 e. The summed E-state index contributed by atoms with van der Waals surface area (Å²) in [6, 6.07) is 5.09. The van der Waals surface area contributed by atoms with Crippen LogP contribution in [0.5, 0.6) is 11.5 Å². The fraction of sp³-hybridized carbons (Fsp3) is 0.538. The van der Waals surface area contributed by atoms with Gasteiger partial charge in [0.2, 0.25) is 10.0 Å². The van der Waals surface area contributed by atoms with Crippen molar-refractivity contribution in [3.63, 3.8) is 0 Å². The normalized spacial score (nSPS) is 15.9. The number of fused-ring (bicyclic) bond motifs is 1. The van der Waals surface area contributed by atoms with Crippen molar-refractivity contribution in [1.82, 2.24) is 4.72 Å². The molecule has 20 heavy (non-hydrogen) atoms. The molecule has 0 spiro atoms. The highest BCUT2D eigenvalue weighted by atomic mass is 32.2. The average molecular weight is 301 g/mol. The summed E-state index contributed by atoms with van der Waals surface area (Å²) in [7, 11) is -1.89. The summed E-state index contributed by atoms with van der Waals surface area (Å²) < 4.78 is 41.9. The number of rotatable bonds is 6. The predicted molar refractivity (Wildman–Crippen MR) is 74.6 cm³/mol. The maximum absolute atomic E-state index is 11.8. The lowest BCUT2D eigenvalue weighted by Crippen LogP contribution is -2.30. The number of sulfonamides is 1. The number of benzene rings is 1. The lowest BCUT2D eigenvalue weighted by atomic mass is 10.1. The van der Waals surface area contributed by atoms with Gasteiger partial charge in [-0.2, -0.15) is 0 Å². The largest absolute Gasteiger partial charge is 0.486 e. The van der Waals surface area contributed by atoms with E-state index < -0.39 is 10.0 Å². The Labute approximate surface area is 119 Å². The molecule has 112 valence electrons. The Kier molecular flexibility index (Phi) is 4.85. The highest BCUT2D eigenvalue weighted by Crippen LogP contribution is 2.32. The number of methoxy groups -OCH3 is 1. The Morgan fingerprint density at radius 2 is 2.00 bits per heavy atom. The van der Waals surface area contributed by atoms with E-state index in [2.05, 4.69) is 4.72 Å². The minimum absolute atomic E-state index is 0.0572. The molecule has 0 saturated carbocycles. The first-order valence-electron chi connectivity index (χ1n) is 6.40. The van der Waals surface area contributed by atoms with Crippen molar-refractivity contribution in [1.29, 1.82) is 0 Å². The standard InChI is InChI=1S/C13H19NO5S/c1-10(14-20(15,16)8-7-17-2)11-3-4-12-13(9-11)19-6-5-18-12/h3-4,9-10,14H,5-8H2,1-2H3/t10-/m1/s1. The third-order valence-corrected chi connectivity index (χ3v) is 4.40. The molecule has 1 aromatic rings. The van der Waals surface area contributed by atoms with Gasteiger partial charge >= 0.3 is 0 Å². The molecule has 1 aromatic carbocycles. The molecule has 0 bridgehead atoms. The van der Waals surface area contributed by atoms with Gasteiger partial charge in [0.25, 0.3) is 0 Å². The van der Waals surface area contributed by atoms with E-state index in [1.54, 1.807) is 19.1 Å². The Bertz CT molecular complexity index is 558. The number of nitrogens with one attached hydrogen (secondary N) is 1. The smallest absolute Gasteiger partial charge is 0.214 e. The van der Waals surface area contributed by atoms with E-state index in [1.807, 2.05) is 6.07 Å². The van der Waals surface area contributed by atoms with Gasteiger partial charge in [-0.25, -0.2) is 13.1 Å². The molecule has 1 N–H and O–H groups in total. The Morgan fingerprint density at radius 1 is 1.30 bits per heavy atom. The highest BCUT2D eigenvalue weighted by molar-refractivity contribution is 7.89. The van der Waals surface area contributed by atoms with Crippen molar-refractivity contribution in [2.75, 3.05) is 32.7 Å². The first-order chi connectivity index (χ1) is 9.52. The Balaban J connectivity index is 2.07. The summed E-state index contributed by atoms with van der Waals surface area (Å²) in [5.41, 5.74) is 0.829. The van der Waals surface area contributed by atoms with Gasteiger partial charge in [-0.05, 0) is 24.6 Å². The van der Waals surface area contributed by atoms with Crippen LogP contribution in [-0.4, -0.2) is 41.1 Å². The predicted octanol–water partition coefficient (Wildman–Crippen LogP) is 1.08. The second-order valence-corrected chi connectivity index (χ2v) is 6.43. The fourth-order valence-corrected chi connectivity index (χ4v) is 3.10. The van der Waals surface area contributed by atoms with Crippen molar-refractivity contribution < 1.29 is 22.6 Å². The van der Waals surface area contributed by atoms with Crippen molar-refractivity contribution in [2.45, 2.75) is 13.0 Å². The third-order valence-electron chi connectivity index (χ3n) is 2.98. The maximum Gasteiger partial charge on any atom is 0.214 e. The van der Waals surface area contributed by atoms with Gasteiger partial charge < -0.3 is 14.2 Å². The van der Waals surface area contributed by atoms with Crippen molar-refractivity contribution in [2.24, 2.45) is 0 Å². The van der Waals surface area contributed by atoms with Crippen LogP contribution >= 0.6 is 0 Å². The van der Waals surface area contributed by atoms with E-state index in [0.29, 0.717) is 24.7 Å². The fourth-order valence-electron chi connectivity index (χ4n) is 1.92. The van der Waals surface area contributed by atoms with Gasteiger partial charge in [0.05, 0.1) is 12.4 Å². The Hall–Kier alpha value is -1.31. The number of hydrogen-bond acceptors (Lipinski definition) is 5. The highest BCUT2D eigenvalue weighted by Gasteiger charge is 2.18. The van der Waals surface area contributed by atoms with Gasteiger partial charge in [-0.3, -0.25) is 0 Å². The van der Waals surface area contributed by atoms with E-state index in [1.165, 1.54) is 7.11 Å². The van der Waals surface area contributed by atoms with E-state index in [-0.39, 0.29) is 18.4 Å². The molecule has 1 aliphatic rings. The quantitative estimate of drug-likeness (QED) is 0.851. The van der Waals surface area contributed by atoms with Crippen molar-refractivity contribution in [3.05, 3.63) is 23.8 Å². The van der Waals surface area contributed by atoms with Gasteiger partial charge in [0.1, 0.15) is 13.2 Å². The second-order valence-electron chi connectivity index (χ2n) is 4.55. The van der Waals surface area contributed by atoms with Crippen LogP contribution in [0.2, 0.25) is 0 Å². The van der Waals surface area contributed by atoms with E-state index in [4.69, 9.17) is 14.2 Å². The van der Waals surface area contributed by atoms with Gasteiger partial charge in [-0.1, -0.05) is 6.07 Å². The van der Waals surface area contributed by atoms with Crippen LogP contribution < -0.4 is 14.2 Å². The molecule has 2 rings (SSSR count).